The number of hydrogen-bond donors (Lipinski definition) is 1. The summed E-state index contributed by atoms with van der Waals surface area (Å²) in [5.74, 6) is -1.17. The van der Waals surface area contributed by atoms with Crippen LogP contribution in [-0.2, 0) is 23.8 Å². The normalized spacial score (nSPS) is 12.5. The number of carbonyl (C=O) groups excluding carboxylic acids is 1. The largest absolute Gasteiger partial charge is 0.417 e. The highest BCUT2D eigenvalue weighted by Crippen LogP contribution is 2.29. The number of rotatable bonds is 7. The summed E-state index contributed by atoms with van der Waals surface area (Å²) in [5, 5.41) is 11.2. The molecule has 9 heteroatoms. The average Bonchev–Trinajstić information content (AvgIpc) is 2.79. The minimum Gasteiger partial charge on any atom is -0.378 e. The van der Waals surface area contributed by atoms with E-state index >= 15 is 0 Å². The lowest BCUT2D eigenvalue weighted by molar-refractivity contribution is -0.137. The Morgan fingerprint density at radius 1 is 1.12 bits per heavy atom. The molecule has 3 aromatic rings. The van der Waals surface area contributed by atoms with Crippen molar-refractivity contribution in [2.75, 3.05) is 11.4 Å². The molecule has 3 rings (SSSR count). The Kier molecular flexibility index (Phi) is 7.71. The standard InChI is InChI=1S/C24H21ClF4N2O2/c1-2-15-13-20(9-10-21(15)25)31(23(33)22(32)16-3-6-18(26)7-4-16)12-11-19-8-5-17(14-30-19)24(27,28)29/h3-10,13-14,22,32H,2,11-12H2,1H3/t22-/m1/s1. The zero-order chi connectivity index (χ0) is 24.2. The van der Waals surface area contributed by atoms with Crippen LogP contribution < -0.4 is 4.90 Å². The third-order valence-corrected chi connectivity index (χ3v) is 5.52. The van der Waals surface area contributed by atoms with Gasteiger partial charge >= 0.3 is 6.18 Å². The Morgan fingerprint density at radius 2 is 1.82 bits per heavy atom. The van der Waals surface area contributed by atoms with Crippen molar-refractivity contribution in [1.29, 1.82) is 0 Å². The Balaban J connectivity index is 1.88. The first-order valence-corrected chi connectivity index (χ1v) is 10.5. The molecule has 1 aromatic heterocycles. The van der Waals surface area contributed by atoms with E-state index in [0.717, 1.165) is 30.0 Å². The molecule has 1 N–H and O–H groups in total. The number of hydrogen-bond acceptors (Lipinski definition) is 3. The topological polar surface area (TPSA) is 53.4 Å². The summed E-state index contributed by atoms with van der Waals surface area (Å²) < 4.78 is 51.6. The Labute approximate surface area is 193 Å². The molecular weight excluding hydrogens is 460 g/mol. The highest BCUT2D eigenvalue weighted by atomic mass is 35.5. The molecular formula is C24H21ClF4N2O2. The molecule has 174 valence electrons. The molecule has 1 amide bonds. The summed E-state index contributed by atoms with van der Waals surface area (Å²) in [7, 11) is 0. The number of alkyl halides is 3. The first-order chi connectivity index (χ1) is 15.6. The van der Waals surface area contributed by atoms with Crippen molar-refractivity contribution < 1.29 is 27.5 Å². The summed E-state index contributed by atoms with van der Waals surface area (Å²) >= 11 is 6.19. The Bertz CT molecular complexity index is 1100. The first kappa shape index (κ1) is 24.7. The molecule has 0 aliphatic heterocycles. The highest BCUT2D eigenvalue weighted by Gasteiger charge is 2.31. The molecule has 0 aliphatic rings. The molecule has 0 unspecified atom stereocenters. The van der Waals surface area contributed by atoms with Gasteiger partial charge in [-0.05, 0) is 60.0 Å². The lowest BCUT2D eigenvalue weighted by Crippen LogP contribution is -2.37. The second-order valence-electron chi connectivity index (χ2n) is 7.36. The molecule has 1 atom stereocenters. The summed E-state index contributed by atoms with van der Waals surface area (Å²) in [4.78, 5) is 18.4. The van der Waals surface area contributed by atoms with Gasteiger partial charge in [0.1, 0.15) is 5.82 Å². The minimum absolute atomic E-state index is 0.0419. The molecule has 0 saturated heterocycles. The first-order valence-electron chi connectivity index (χ1n) is 10.2. The van der Waals surface area contributed by atoms with Crippen LogP contribution in [0.15, 0.2) is 60.8 Å². The van der Waals surface area contributed by atoms with E-state index in [1.807, 2.05) is 6.92 Å². The zero-order valence-corrected chi connectivity index (χ0v) is 18.4. The van der Waals surface area contributed by atoms with Crippen molar-refractivity contribution in [2.45, 2.75) is 32.0 Å². The van der Waals surface area contributed by atoms with Crippen molar-refractivity contribution in [3.8, 4) is 0 Å². The van der Waals surface area contributed by atoms with E-state index in [9.17, 15) is 27.5 Å². The van der Waals surface area contributed by atoms with Crippen LogP contribution in [0.25, 0.3) is 0 Å². The number of carbonyl (C=O) groups is 1. The second-order valence-corrected chi connectivity index (χ2v) is 7.77. The maximum atomic E-state index is 13.2. The van der Waals surface area contributed by atoms with Gasteiger partial charge in [-0.25, -0.2) is 4.39 Å². The van der Waals surface area contributed by atoms with Crippen LogP contribution in [-0.4, -0.2) is 22.5 Å². The predicted molar refractivity (Wildman–Crippen MR) is 117 cm³/mol. The van der Waals surface area contributed by atoms with Crippen LogP contribution in [0, 0.1) is 5.82 Å². The monoisotopic (exact) mass is 480 g/mol. The summed E-state index contributed by atoms with van der Waals surface area (Å²) in [6.07, 6.45) is -4.56. The number of aliphatic hydroxyl groups excluding tert-OH is 1. The van der Waals surface area contributed by atoms with E-state index in [1.165, 1.54) is 23.1 Å². The van der Waals surface area contributed by atoms with Gasteiger partial charge in [-0.2, -0.15) is 13.2 Å². The number of nitrogens with zero attached hydrogens (tertiary/aromatic N) is 2. The van der Waals surface area contributed by atoms with Crippen LogP contribution in [0.5, 0.6) is 0 Å². The van der Waals surface area contributed by atoms with Crippen LogP contribution >= 0.6 is 11.6 Å². The molecule has 0 saturated carbocycles. The second kappa shape index (κ2) is 10.3. The van der Waals surface area contributed by atoms with Crippen molar-refractivity contribution in [1.82, 2.24) is 4.98 Å². The van der Waals surface area contributed by atoms with Gasteiger partial charge in [-0.1, -0.05) is 30.7 Å². The molecule has 0 bridgehead atoms. The molecule has 0 fully saturated rings. The summed E-state index contributed by atoms with van der Waals surface area (Å²) in [6.45, 7) is 1.94. The van der Waals surface area contributed by atoms with E-state index in [4.69, 9.17) is 11.6 Å². The fraction of sp³-hybridized carbons (Fsp3) is 0.250. The number of benzene rings is 2. The van der Waals surface area contributed by atoms with Crippen LogP contribution in [0.1, 0.15) is 35.4 Å². The molecule has 0 radical (unpaired) electrons. The van der Waals surface area contributed by atoms with Crippen molar-refractivity contribution in [3.63, 3.8) is 0 Å². The number of pyridine rings is 1. The molecule has 1 heterocycles. The van der Waals surface area contributed by atoms with Gasteiger partial charge in [0, 0.05) is 35.6 Å². The lowest BCUT2D eigenvalue weighted by Gasteiger charge is -2.26. The van der Waals surface area contributed by atoms with E-state index in [1.54, 1.807) is 18.2 Å². The zero-order valence-electron chi connectivity index (χ0n) is 17.6. The van der Waals surface area contributed by atoms with E-state index in [0.29, 0.717) is 22.8 Å². The number of anilines is 1. The molecule has 33 heavy (non-hydrogen) atoms. The SMILES string of the molecule is CCc1cc(N(CCc2ccc(C(F)(F)F)cn2)C(=O)[C@H](O)c2ccc(F)cc2)ccc1Cl. The third kappa shape index (κ3) is 6.09. The van der Waals surface area contributed by atoms with E-state index < -0.39 is 29.6 Å². The molecule has 2 aromatic carbocycles. The number of aliphatic hydroxyl groups is 1. The minimum atomic E-state index is -4.49. The quantitative estimate of drug-likeness (QED) is 0.437. The maximum absolute atomic E-state index is 13.2. The lowest BCUT2D eigenvalue weighted by atomic mass is 10.1. The van der Waals surface area contributed by atoms with Gasteiger partial charge in [0.25, 0.3) is 5.91 Å². The molecule has 0 aliphatic carbocycles. The van der Waals surface area contributed by atoms with Gasteiger partial charge in [0.2, 0.25) is 0 Å². The van der Waals surface area contributed by atoms with Crippen molar-refractivity contribution in [3.05, 3.63) is 94.0 Å². The summed E-state index contributed by atoms with van der Waals surface area (Å²) in [6, 6.07) is 12.1. The van der Waals surface area contributed by atoms with Crippen LogP contribution in [0.2, 0.25) is 5.02 Å². The van der Waals surface area contributed by atoms with Crippen LogP contribution in [0.4, 0.5) is 23.2 Å². The third-order valence-electron chi connectivity index (χ3n) is 5.15. The van der Waals surface area contributed by atoms with Crippen molar-refractivity contribution >= 4 is 23.2 Å². The molecule has 4 nitrogen and oxygen atoms in total. The van der Waals surface area contributed by atoms with Gasteiger partial charge in [0.05, 0.1) is 5.56 Å². The fourth-order valence-electron chi connectivity index (χ4n) is 3.27. The van der Waals surface area contributed by atoms with Gasteiger partial charge in [0.15, 0.2) is 6.10 Å². The van der Waals surface area contributed by atoms with Crippen molar-refractivity contribution in [2.24, 2.45) is 0 Å². The van der Waals surface area contributed by atoms with Gasteiger partial charge in [-0.3, -0.25) is 9.78 Å². The predicted octanol–water partition coefficient (Wildman–Crippen LogP) is 5.76. The van der Waals surface area contributed by atoms with Crippen LogP contribution in [0.3, 0.4) is 0 Å². The number of amides is 1. The van der Waals surface area contributed by atoms with Gasteiger partial charge < -0.3 is 10.0 Å². The summed E-state index contributed by atoms with van der Waals surface area (Å²) in [5.41, 5.74) is 0.951. The average molecular weight is 481 g/mol. The number of aromatic nitrogens is 1. The highest BCUT2D eigenvalue weighted by molar-refractivity contribution is 6.31. The van der Waals surface area contributed by atoms with E-state index in [-0.39, 0.29) is 18.5 Å². The van der Waals surface area contributed by atoms with E-state index in [2.05, 4.69) is 4.98 Å². The fourth-order valence-corrected chi connectivity index (χ4v) is 3.52. The number of halogens is 5. The Morgan fingerprint density at radius 3 is 2.39 bits per heavy atom. The Hall–Kier alpha value is -2.97. The smallest absolute Gasteiger partial charge is 0.378 e. The maximum Gasteiger partial charge on any atom is 0.417 e. The van der Waals surface area contributed by atoms with Gasteiger partial charge in [-0.15, -0.1) is 0 Å². The molecule has 0 spiro atoms. The number of aryl methyl sites for hydroxylation is 1.